The number of nitrogens with zero attached hydrogens (tertiary/aromatic N) is 1. The van der Waals surface area contributed by atoms with Crippen molar-refractivity contribution in [2.75, 3.05) is 6.61 Å². The minimum atomic E-state index is -0.293. The fraction of sp³-hybridized carbons (Fsp3) is 0.364. The number of aliphatic hydroxyl groups excluding tert-OH is 1. The van der Waals surface area contributed by atoms with E-state index in [9.17, 15) is 5.11 Å². The molecule has 0 fully saturated rings. The summed E-state index contributed by atoms with van der Waals surface area (Å²) in [6, 6.07) is 5.86. The standard InChI is InChI=1S/C11H13NO2/c1-11(2,7-13)9-5-3-4-8-6-12-14-10(8)9/h3-6,13H,7H2,1-2H3. The maximum absolute atomic E-state index is 9.28. The van der Waals surface area contributed by atoms with Gasteiger partial charge in [0.05, 0.1) is 12.8 Å². The maximum Gasteiger partial charge on any atom is 0.170 e. The van der Waals surface area contributed by atoms with E-state index in [1.54, 1.807) is 6.20 Å². The van der Waals surface area contributed by atoms with Crippen LogP contribution in [0.1, 0.15) is 19.4 Å². The molecule has 0 aliphatic carbocycles. The third-order valence-corrected chi connectivity index (χ3v) is 2.51. The molecule has 0 unspecified atom stereocenters. The summed E-state index contributed by atoms with van der Waals surface area (Å²) >= 11 is 0. The van der Waals surface area contributed by atoms with Crippen LogP contribution >= 0.6 is 0 Å². The lowest BCUT2D eigenvalue weighted by Gasteiger charge is -2.21. The number of benzene rings is 1. The predicted octanol–water partition coefficient (Wildman–Crippen LogP) is 2.10. The molecule has 1 aromatic heterocycles. The number of fused-ring (bicyclic) bond motifs is 1. The molecular weight excluding hydrogens is 178 g/mol. The first-order valence-corrected chi connectivity index (χ1v) is 4.60. The molecule has 1 N–H and O–H groups in total. The van der Waals surface area contributed by atoms with Crippen molar-refractivity contribution in [1.29, 1.82) is 0 Å². The van der Waals surface area contributed by atoms with Crippen molar-refractivity contribution in [3.63, 3.8) is 0 Å². The lowest BCUT2D eigenvalue weighted by Crippen LogP contribution is -2.22. The Morgan fingerprint density at radius 1 is 1.43 bits per heavy atom. The molecule has 0 bridgehead atoms. The van der Waals surface area contributed by atoms with Crippen LogP contribution in [0.15, 0.2) is 28.9 Å². The van der Waals surface area contributed by atoms with Gasteiger partial charge in [0.1, 0.15) is 0 Å². The van der Waals surface area contributed by atoms with Crippen LogP contribution in [-0.2, 0) is 5.41 Å². The zero-order chi connectivity index (χ0) is 10.2. The van der Waals surface area contributed by atoms with E-state index in [0.717, 1.165) is 16.5 Å². The van der Waals surface area contributed by atoms with E-state index >= 15 is 0 Å². The van der Waals surface area contributed by atoms with Gasteiger partial charge in [0, 0.05) is 16.4 Å². The second-order valence-electron chi connectivity index (χ2n) is 4.09. The average molecular weight is 191 g/mol. The smallest absolute Gasteiger partial charge is 0.170 e. The highest BCUT2D eigenvalue weighted by Crippen LogP contribution is 2.29. The third kappa shape index (κ3) is 1.30. The van der Waals surface area contributed by atoms with E-state index in [2.05, 4.69) is 5.16 Å². The number of aliphatic hydroxyl groups is 1. The zero-order valence-electron chi connectivity index (χ0n) is 8.32. The van der Waals surface area contributed by atoms with E-state index in [-0.39, 0.29) is 12.0 Å². The molecule has 0 radical (unpaired) electrons. The summed E-state index contributed by atoms with van der Waals surface area (Å²) in [4.78, 5) is 0. The van der Waals surface area contributed by atoms with Gasteiger partial charge >= 0.3 is 0 Å². The number of aromatic nitrogens is 1. The average Bonchev–Trinajstić information content (AvgIpc) is 2.64. The summed E-state index contributed by atoms with van der Waals surface area (Å²) < 4.78 is 5.18. The Hall–Kier alpha value is -1.35. The molecule has 0 aliphatic rings. The lowest BCUT2D eigenvalue weighted by atomic mass is 9.85. The van der Waals surface area contributed by atoms with Gasteiger partial charge in [0.15, 0.2) is 5.58 Å². The topological polar surface area (TPSA) is 46.3 Å². The van der Waals surface area contributed by atoms with Crippen molar-refractivity contribution in [3.8, 4) is 0 Å². The SMILES string of the molecule is CC(C)(CO)c1cccc2cnoc12. The summed E-state index contributed by atoms with van der Waals surface area (Å²) in [5, 5.41) is 14.0. The van der Waals surface area contributed by atoms with E-state index in [1.165, 1.54) is 0 Å². The highest BCUT2D eigenvalue weighted by atomic mass is 16.5. The van der Waals surface area contributed by atoms with Crippen LogP contribution in [-0.4, -0.2) is 16.9 Å². The summed E-state index contributed by atoms with van der Waals surface area (Å²) in [7, 11) is 0. The minimum Gasteiger partial charge on any atom is -0.395 e. The molecule has 0 saturated heterocycles. The molecule has 3 heteroatoms. The summed E-state index contributed by atoms with van der Waals surface area (Å²) in [6.45, 7) is 4.04. The first-order chi connectivity index (χ1) is 6.65. The molecule has 2 aromatic rings. The summed E-state index contributed by atoms with van der Waals surface area (Å²) in [5.74, 6) is 0. The normalized spacial score (nSPS) is 12.2. The van der Waals surface area contributed by atoms with Gasteiger partial charge in [-0.05, 0) is 6.07 Å². The Morgan fingerprint density at radius 3 is 2.93 bits per heavy atom. The Balaban J connectivity index is 2.67. The molecule has 0 atom stereocenters. The largest absolute Gasteiger partial charge is 0.395 e. The van der Waals surface area contributed by atoms with Gasteiger partial charge in [-0.3, -0.25) is 0 Å². The van der Waals surface area contributed by atoms with Gasteiger partial charge in [-0.15, -0.1) is 0 Å². The van der Waals surface area contributed by atoms with E-state index in [4.69, 9.17) is 4.52 Å². The van der Waals surface area contributed by atoms with Crippen molar-refractivity contribution in [2.24, 2.45) is 0 Å². The Kier molecular flexibility index (Phi) is 2.04. The minimum absolute atomic E-state index is 0.0901. The van der Waals surface area contributed by atoms with Gasteiger partial charge in [0.25, 0.3) is 0 Å². The number of para-hydroxylation sites is 1. The molecule has 3 nitrogen and oxygen atoms in total. The molecule has 1 aromatic carbocycles. The molecule has 0 amide bonds. The van der Waals surface area contributed by atoms with Crippen LogP contribution in [0.5, 0.6) is 0 Å². The molecular formula is C11H13NO2. The van der Waals surface area contributed by atoms with Crippen molar-refractivity contribution < 1.29 is 9.63 Å². The quantitative estimate of drug-likeness (QED) is 0.790. The van der Waals surface area contributed by atoms with Crippen LogP contribution in [0.4, 0.5) is 0 Å². The summed E-state index contributed by atoms with van der Waals surface area (Å²) in [6.07, 6.45) is 1.69. The van der Waals surface area contributed by atoms with Gasteiger partial charge < -0.3 is 9.63 Å². The fourth-order valence-electron chi connectivity index (χ4n) is 1.51. The Bertz CT molecular complexity index is 445. The third-order valence-electron chi connectivity index (χ3n) is 2.51. The molecule has 14 heavy (non-hydrogen) atoms. The number of rotatable bonds is 2. The Labute approximate surface area is 82.3 Å². The van der Waals surface area contributed by atoms with Crippen molar-refractivity contribution in [1.82, 2.24) is 5.16 Å². The first-order valence-electron chi connectivity index (χ1n) is 4.60. The van der Waals surface area contributed by atoms with Crippen molar-refractivity contribution in [2.45, 2.75) is 19.3 Å². The maximum atomic E-state index is 9.28. The van der Waals surface area contributed by atoms with Gasteiger partial charge in [-0.2, -0.15) is 0 Å². The van der Waals surface area contributed by atoms with E-state index in [0.29, 0.717) is 0 Å². The van der Waals surface area contributed by atoms with E-state index < -0.39 is 0 Å². The van der Waals surface area contributed by atoms with Crippen LogP contribution in [0.2, 0.25) is 0 Å². The summed E-state index contributed by atoms with van der Waals surface area (Å²) in [5.41, 5.74) is 1.47. The van der Waals surface area contributed by atoms with Gasteiger partial charge in [-0.1, -0.05) is 31.1 Å². The molecule has 74 valence electrons. The highest BCUT2D eigenvalue weighted by Gasteiger charge is 2.23. The van der Waals surface area contributed by atoms with Crippen molar-refractivity contribution >= 4 is 11.0 Å². The molecule has 0 saturated carbocycles. The van der Waals surface area contributed by atoms with Crippen LogP contribution in [0.3, 0.4) is 0 Å². The van der Waals surface area contributed by atoms with Gasteiger partial charge in [-0.25, -0.2) is 0 Å². The molecule has 1 heterocycles. The molecule has 2 rings (SSSR count). The van der Waals surface area contributed by atoms with Crippen molar-refractivity contribution in [3.05, 3.63) is 30.0 Å². The highest BCUT2D eigenvalue weighted by molar-refractivity contribution is 5.80. The fourth-order valence-corrected chi connectivity index (χ4v) is 1.51. The first kappa shape index (κ1) is 9.21. The second-order valence-corrected chi connectivity index (χ2v) is 4.09. The second kappa shape index (κ2) is 3.10. The zero-order valence-corrected chi connectivity index (χ0v) is 8.32. The number of hydrogen-bond donors (Lipinski definition) is 1. The van der Waals surface area contributed by atoms with Gasteiger partial charge in [0.2, 0.25) is 0 Å². The Morgan fingerprint density at radius 2 is 2.21 bits per heavy atom. The molecule has 0 spiro atoms. The van der Waals surface area contributed by atoms with E-state index in [1.807, 2.05) is 32.0 Å². The lowest BCUT2D eigenvalue weighted by molar-refractivity contribution is 0.218. The predicted molar refractivity (Wildman–Crippen MR) is 54.1 cm³/mol. The van der Waals surface area contributed by atoms with Crippen LogP contribution < -0.4 is 0 Å². The monoisotopic (exact) mass is 191 g/mol. The molecule has 0 aliphatic heterocycles. The van der Waals surface area contributed by atoms with Crippen LogP contribution in [0, 0.1) is 0 Å². The van der Waals surface area contributed by atoms with Crippen LogP contribution in [0.25, 0.3) is 11.0 Å². The number of hydrogen-bond acceptors (Lipinski definition) is 3.